The number of amides is 2. The van der Waals surface area contributed by atoms with Crippen LogP contribution in [0.4, 0.5) is 4.39 Å². The minimum absolute atomic E-state index is 0.111. The van der Waals surface area contributed by atoms with Crippen LogP contribution in [0.25, 0.3) is 5.69 Å². The van der Waals surface area contributed by atoms with Crippen LogP contribution in [-0.4, -0.2) is 74.1 Å². The quantitative estimate of drug-likeness (QED) is 0.248. The third kappa shape index (κ3) is 8.45. The summed E-state index contributed by atoms with van der Waals surface area (Å²) in [5.41, 5.74) is 3.36. The number of rotatable bonds is 13. The molecule has 2 amide bonds. The number of aliphatic hydroxyl groups excluding tert-OH is 2. The molecule has 0 fully saturated rings. The van der Waals surface area contributed by atoms with Gasteiger partial charge in [-0.2, -0.15) is 5.10 Å². The van der Waals surface area contributed by atoms with E-state index in [0.29, 0.717) is 22.5 Å². The molecular formula is C30H37FN4O6. The zero-order valence-corrected chi connectivity index (χ0v) is 23.7. The average Bonchev–Trinajstić information content (AvgIpc) is 3.30. The molecule has 0 saturated heterocycles. The largest absolute Gasteiger partial charge is 0.481 e. The van der Waals surface area contributed by atoms with E-state index in [4.69, 9.17) is 5.11 Å². The first-order valence-corrected chi connectivity index (χ1v) is 13.4. The first-order chi connectivity index (χ1) is 19.4. The van der Waals surface area contributed by atoms with Crippen LogP contribution >= 0.6 is 0 Å². The van der Waals surface area contributed by atoms with Crippen LogP contribution in [0.1, 0.15) is 76.7 Å². The zero-order chi connectivity index (χ0) is 30.3. The Balaban J connectivity index is 1.87. The number of carbonyl (C=O) groups is 3. The Labute approximate surface area is 238 Å². The van der Waals surface area contributed by atoms with Gasteiger partial charge in [-0.15, -0.1) is 0 Å². The number of nitrogens with one attached hydrogen (secondary N) is 1. The van der Waals surface area contributed by atoms with E-state index in [1.807, 2.05) is 13.8 Å². The molecule has 2 atom stereocenters. The lowest BCUT2D eigenvalue weighted by molar-refractivity contribution is -0.139. The topological polar surface area (TPSA) is 145 Å². The molecule has 1 heterocycles. The van der Waals surface area contributed by atoms with Crippen LogP contribution in [0.2, 0.25) is 0 Å². The average molecular weight is 569 g/mol. The van der Waals surface area contributed by atoms with Gasteiger partial charge in [0.2, 0.25) is 0 Å². The molecule has 4 N–H and O–H groups in total. The van der Waals surface area contributed by atoms with Crippen LogP contribution in [-0.2, 0) is 17.8 Å². The van der Waals surface area contributed by atoms with Gasteiger partial charge in [0.1, 0.15) is 5.82 Å². The van der Waals surface area contributed by atoms with Gasteiger partial charge in [0.25, 0.3) is 11.8 Å². The number of aromatic nitrogens is 2. The molecule has 0 spiro atoms. The van der Waals surface area contributed by atoms with E-state index in [2.05, 4.69) is 10.4 Å². The summed E-state index contributed by atoms with van der Waals surface area (Å²) in [4.78, 5) is 37.9. The fourth-order valence-electron chi connectivity index (χ4n) is 4.59. The lowest BCUT2D eigenvalue weighted by Gasteiger charge is -2.16. The van der Waals surface area contributed by atoms with Crippen molar-refractivity contribution >= 4 is 17.8 Å². The predicted octanol–water partition coefficient (Wildman–Crippen LogP) is 3.29. The van der Waals surface area contributed by atoms with E-state index in [-0.39, 0.29) is 43.3 Å². The molecule has 3 rings (SSSR count). The van der Waals surface area contributed by atoms with E-state index < -0.39 is 36.3 Å². The normalized spacial score (nSPS) is 12.7. The maximum atomic E-state index is 13.7. The molecule has 0 saturated carbocycles. The Morgan fingerprint density at radius 1 is 1.00 bits per heavy atom. The lowest BCUT2D eigenvalue weighted by Crippen LogP contribution is -2.25. The molecular weight excluding hydrogens is 531 g/mol. The van der Waals surface area contributed by atoms with Gasteiger partial charge in [-0.1, -0.05) is 26.0 Å². The Hall–Kier alpha value is -4.09. The minimum atomic E-state index is -1.19. The Morgan fingerprint density at radius 2 is 1.63 bits per heavy atom. The molecule has 0 unspecified atom stereocenters. The van der Waals surface area contributed by atoms with E-state index in [9.17, 15) is 29.0 Å². The summed E-state index contributed by atoms with van der Waals surface area (Å²) in [6, 6.07) is 12.6. The highest BCUT2D eigenvalue weighted by Crippen LogP contribution is 2.28. The van der Waals surface area contributed by atoms with Crippen LogP contribution in [0.5, 0.6) is 0 Å². The van der Waals surface area contributed by atoms with Gasteiger partial charge in [-0.05, 0) is 67.1 Å². The summed E-state index contributed by atoms with van der Waals surface area (Å²) in [7, 11) is 3.34. The van der Waals surface area contributed by atoms with E-state index in [1.54, 1.807) is 55.2 Å². The molecule has 41 heavy (non-hydrogen) atoms. The van der Waals surface area contributed by atoms with Crippen LogP contribution in [0.3, 0.4) is 0 Å². The van der Waals surface area contributed by atoms with Gasteiger partial charge in [-0.3, -0.25) is 14.4 Å². The smallest absolute Gasteiger partial charge is 0.305 e. The fraction of sp³-hybridized carbons (Fsp3) is 0.400. The predicted molar refractivity (Wildman–Crippen MR) is 150 cm³/mol. The number of nitrogens with zero attached hydrogens (tertiary/aromatic N) is 3. The second-order valence-corrected chi connectivity index (χ2v) is 10.5. The molecule has 0 aliphatic heterocycles. The fourth-order valence-corrected chi connectivity index (χ4v) is 4.59. The van der Waals surface area contributed by atoms with Gasteiger partial charge >= 0.3 is 5.97 Å². The summed E-state index contributed by atoms with van der Waals surface area (Å²) < 4.78 is 15.2. The second-order valence-electron chi connectivity index (χ2n) is 10.5. The molecule has 0 aliphatic carbocycles. The molecule has 0 bridgehead atoms. The SMILES string of the molecule is CC(C)c1c(C(=O)NCc2ccc(C(=O)N(C)C)cc2)nn(-c2ccc(F)cc2)c1CC[C@@H](O)C[C@@H](O)CC(=O)O. The standard InChI is InChI=1S/C30H37FN4O6/c1-18(2)27-25(14-13-23(36)15-24(37)16-26(38)39)35(22-11-9-21(31)10-12-22)33-28(27)29(40)32-17-19-5-7-20(8-6-19)30(41)34(3)4/h5-12,18,23-24,36-37H,13-17H2,1-4H3,(H,32,40)(H,38,39)/t23-,24-/m1/s1. The van der Waals surface area contributed by atoms with Crippen molar-refractivity contribution < 1.29 is 34.1 Å². The van der Waals surface area contributed by atoms with Crippen molar-refractivity contribution in [3.8, 4) is 5.69 Å². The van der Waals surface area contributed by atoms with Crippen molar-refractivity contribution in [3.05, 3.63) is 82.4 Å². The van der Waals surface area contributed by atoms with Gasteiger partial charge in [-0.25, -0.2) is 9.07 Å². The summed E-state index contributed by atoms with van der Waals surface area (Å²) in [5.74, 6) is -2.25. The summed E-state index contributed by atoms with van der Waals surface area (Å²) in [6.45, 7) is 4.03. The minimum Gasteiger partial charge on any atom is -0.481 e. The number of carboxylic acid groups (broad SMARTS) is 1. The Bertz CT molecular complexity index is 1350. The van der Waals surface area contributed by atoms with Crippen LogP contribution in [0, 0.1) is 5.82 Å². The first kappa shape index (κ1) is 31.4. The highest BCUT2D eigenvalue weighted by molar-refractivity contribution is 5.95. The van der Waals surface area contributed by atoms with E-state index in [0.717, 1.165) is 5.56 Å². The molecule has 220 valence electrons. The van der Waals surface area contributed by atoms with Crippen molar-refractivity contribution in [2.45, 2.75) is 64.2 Å². The van der Waals surface area contributed by atoms with E-state index >= 15 is 0 Å². The first-order valence-electron chi connectivity index (χ1n) is 13.4. The van der Waals surface area contributed by atoms with E-state index in [1.165, 1.54) is 17.0 Å². The maximum absolute atomic E-state index is 13.7. The van der Waals surface area contributed by atoms with Crippen molar-refractivity contribution in [2.24, 2.45) is 0 Å². The number of aliphatic carboxylic acids is 1. The highest BCUT2D eigenvalue weighted by atomic mass is 19.1. The van der Waals surface area contributed by atoms with Gasteiger partial charge < -0.3 is 25.5 Å². The number of carbonyl (C=O) groups excluding carboxylic acids is 2. The number of aliphatic hydroxyl groups is 2. The summed E-state index contributed by atoms with van der Waals surface area (Å²) >= 11 is 0. The summed E-state index contributed by atoms with van der Waals surface area (Å²) in [6.07, 6.45) is -2.30. The molecule has 10 nitrogen and oxygen atoms in total. The van der Waals surface area contributed by atoms with Crippen molar-refractivity contribution in [1.82, 2.24) is 20.0 Å². The Morgan fingerprint density at radius 3 is 2.20 bits per heavy atom. The molecule has 1 aromatic heterocycles. The molecule has 0 radical (unpaired) electrons. The lowest BCUT2D eigenvalue weighted by atomic mass is 9.95. The zero-order valence-electron chi connectivity index (χ0n) is 23.7. The number of halogens is 1. The van der Waals surface area contributed by atoms with Crippen LogP contribution in [0.15, 0.2) is 48.5 Å². The number of benzene rings is 2. The summed E-state index contributed by atoms with van der Waals surface area (Å²) in [5, 5.41) is 36.8. The number of hydrogen-bond acceptors (Lipinski definition) is 6. The molecule has 11 heteroatoms. The van der Waals surface area contributed by atoms with Gasteiger partial charge in [0.15, 0.2) is 5.69 Å². The van der Waals surface area contributed by atoms with Gasteiger partial charge in [0, 0.05) is 37.5 Å². The number of hydrogen-bond donors (Lipinski definition) is 4. The van der Waals surface area contributed by atoms with Crippen molar-refractivity contribution in [3.63, 3.8) is 0 Å². The third-order valence-electron chi connectivity index (χ3n) is 6.61. The number of carboxylic acids is 1. The van der Waals surface area contributed by atoms with Crippen molar-refractivity contribution in [2.75, 3.05) is 14.1 Å². The van der Waals surface area contributed by atoms with Crippen LogP contribution < -0.4 is 5.32 Å². The molecule has 0 aliphatic rings. The molecule has 3 aromatic rings. The maximum Gasteiger partial charge on any atom is 0.305 e. The third-order valence-corrected chi connectivity index (χ3v) is 6.61. The van der Waals surface area contributed by atoms with Gasteiger partial charge in [0.05, 0.1) is 24.3 Å². The Kier molecular flexibility index (Phi) is 10.7. The van der Waals surface area contributed by atoms with Crippen molar-refractivity contribution in [1.29, 1.82) is 0 Å². The monoisotopic (exact) mass is 568 g/mol. The second kappa shape index (κ2) is 14.0. The molecule has 2 aromatic carbocycles. The highest BCUT2D eigenvalue weighted by Gasteiger charge is 2.26.